The van der Waals surface area contributed by atoms with E-state index in [2.05, 4.69) is 50.9 Å². The Morgan fingerprint density at radius 2 is 1.58 bits per heavy atom. The number of para-hydroxylation sites is 2. The van der Waals surface area contributed by atoms with Crippen LogP contribution in [0.15, 0.2) is 98.6 Å². The Labute approximate surface area is 336 Å². The highest BCUT2D eigenvalue weighted by Gasteiger charge is 2.27. The van der Waals surface area contributed by atoms with Gasteiger partial charge in [-0.05, 0) is 79.3 Å². The molecule has 2 atom stereocenters. The Hall–Kier alpha value is -7.30. The summed E-state index contributed by atoms with van der Waals surface area (Å²) in [5, 5.41) is 19.6. The van der Waals surface area contributed by atoms with Gasteiger partial charge in [0.2, 0.25) is 0 Å². The lowest BCUT2D eigenvalue weighted by Gasteiger charge is -2.19. The summed E-state index contributed by atoms with van der Waals surface area (Å²) in [4.78, 5) is 66.2. The van der Waals surface area contributed by atoms with Gasteiger partial charge in [-0.25, -0.2) is 19.6 Å². The molecule has 0 saturated heterocycles. The van der Waals surface area contributed by atoms with Gasteiger partial charge in [0.15, 0.2) is 18.1 Å². The smallest absolute Gasteiger partial charge is 0.454 e. The van der Waals surface area contributed by atoms with E-state index in [1.54, 1.807) is 24.3 Å². The van der Waals surface area contributed by atoms with E-state index in [9.17, 15) is 29.8 Å². The third-order valence-corrected chi connectivity index (χ3v) is 10.1. The molecule has 3 heterocycles. The van der Waals surface area contributed by atoms with Crippen LogP contribution in [0, 0.1) is 27.2 Å². The van der Waals surface area contributed by atoms with E-state index < -0.39 is 40.8 Å². The van der Waals surface area contributed by atoms with Crippen molar-refractivity contribution in [2.24, 2.45) is 7.05 Å². The Morgan fingerprint density at radius 1 is 0.864 bits per heavy atom. The maximum Gasteiger partial charge on any atom is 0.519 e. The van der Waals surface area contributed by atoms with Gasteiger partial charge in [-0.3, -0.25) is 0 Å². The molecule has 0 aliphatic heterocycles. The Morgan fingerprint density at radius 3 is 2.31 bits per heavy atom. The molecule has 59 heavy (non-hydrogen) atoms. The van der Waals surface area contributed by atoms with Gasteiger partial charge in [0.1, 0.15) is 23.9 Å². The second-order valence-electron chi connectivity index (χ2n) is 14.1. The summed E-state index contributed by atoms with van der Waals surface area (Å²) in [6, 6.07) is 27.2. The Balaban J connectivity index is 1.09. The first-order chi connectivity index (χ1) is 28.4. The fraction of sp³-hybridized carbons (Fsp3) is 0.286. The average Bonchev–Trinajstić information content (AvgIpc) is 3.87. The third-order valence-electron chi connectivity index (χ3n) is 10.1. The molecule has 0 saturated carbocycles. The van der Waals surface area contributed by atoms with Gasteiger partial charge < -0.3 is 32.4 Å². The summed E-state index contributed by atoms with van der Waals surface area (Å²) >= 11 is 0. The van der Waals surface area contributed by atoms with Gasteiger partial charge >= 0.3 is 11.8 Å². The van der Waals surface area contributed by atoms with Gasteiger partial charge in [0, 0.05) is 32.0 Å². The minimum absolute atomic E-state index is 0.0683. The van der Waals surface area contributed by atoms with Gasteiger partial charge in [-0.1, -0.05) is 61.5 Å². The molecule has 304 valence electrons. The molecular weight excluding hydrogens is 764 g/mol. The molecule has 0 fully saturated rings. The van der Waals surface area contributed by atoms with E-state index >= 15 is 0 Å². The number of carbonyl (C=O) groups excluding carboxylic acids is 1. The fourth-order valence-corrected chi connectivity index (χ4v) is 7.26. The van der Waals surface area contributed by atoms with Crippen molar-refractivity contribution in [2.75, 3.05) is 0 Å². The largest absolute Gasteiger partial charge is 0.519 e. The molecule has 7 rings (SSSR count). The van der Waals surface area contributed by atoms with Crippen LogP contribution in [-0.4, -0.2) is 47.5 Å². The highest BCUT2D eigenvalue weighted by molar-refractivity contribution is 5.97. The van der Waals surface area contributed by atoms with Gasteiger partial charge in [-0.15, -0.1) is 20.2 Å². The number of esters is 1. The summed E-state index contributed by atoms with van der Waals surface area (Å²) < 4.78 is 20.1. The van der Waals surface area contributed by atoms with Crippen LogP contribution in [0.25, 0.3) is 44.6 Å². The average molecular weight is 805 g/mol. The van der Waals surface area contributed by atoms with Gasteiger partial charge in [-0.2, -0.15) is 0 Å². The summed E-state index contributed by atoms with van der Waals surface area (Å²) in [6.45, 7) is 5.51. The van der Waals surface area contributed by atoms with E-state index in [1.807, 2.05) is 49.5 Å². The lowest BCUT2D eigenvalue weighted by molar-refractivity contribution is -0.798. The number of fused-ring (bicyclic) bond motifs is 2. The highest BCUT2D eigenvalue weighted by Crippen LogP contribution is 2.31. The number of nitrogens with zero attached hydrogens (tertiary/aromatic N) is 6. The standard InChI is InChI=1S/C42H40N6O11/c1-5-10-38-44-39-25(2)21-29(40-43-32-13-8-9-14-33(32)45(40)4)22-34(39)46(38)23-27-15-17-28(18-16-27)30-11-6-7-12-31(30)41(49)55-24-37-36(56-42(50)57-37)20-19-35(59-48(53)54)26(3)58-47(51)52/h6-9,11-18,21-22,26,35H,5,10,19-20,23-24H2,1-4H3. The second-order valence-corrected chi connectivity index (χ2v) is 14.1. The van der Waals surface area contributed by atoms with E-state index in [0.29, 0.717) is 12.1 Å². The maximum absolute atomic E-state index is 13.5. The van der Waals surface area contributed by atoms with Crippen molar-refractivity contribution in [1.29, 1.82) is 0 Å². The van der Waals surface area contributed by atoms with Crippen molar-refractivity contribution in [3.8, 4) is 22.5 Å². The Bertz CT molecular complexity index is 2730. The lowest BCUT2D eigenvalue weighted by Crippen LogP contribution is -2.33. The van der Waals surface area contributed by atoms with Crippen LogP contribution in [0.4, 0.5) is 0 Å². The summed E-state index contributed by atoms with van der Waals surface area (Å²) in [5.74, 6) is -0.119. The van der Waals surface area contributed by atoms with E-state index in [0.717, 1.165) is 68.8 Å². The number of imidazole rings is 2. The predicted octanol–water partition coefficient (Wildman–Crippen LogP) is 7.58. The Kier molecular flexibility index (Phi) is 11.5. The van der Waals surface area contributed by atoms with Crippen LogP contribution in [0.5, 0.6) is 0 Å². The number of aromatic nitrogens is 4. The van der Waals surface area contributed by atoms with Crippen LogP contribution in [0.1, 0.15) is 65.5 Å². The molecule has 4 aromatic carbocycles. The summed E-state index contributed by atoms with van der Waals surface area (Å²) in [5.41, 5.74) is 8.70. The van der Waals surface area contributed by atoms with E-state index in [1.165, 1.54) is 6.92 Å². The number of aryl methyl sites for hydroxylation is 4. The topological polar surface area (TPSA) is 210 Å². The molecule has 2 unspecified atom stereocenters. The minimum atomic E-state index is -1.38. The van der Waals surface area contributed by atoms with Crippen molar-refractivity contribution in [1.82, 2.24) is 19.1 Å². The molecule has 0 aliphatic carbocycles. The van der Waals surface area contributed by atoms with E-state index in [4.69, 9.17) is 23.5 Å². The maximum atomic E-state index is 13.5. The molecule has 17 nitrogen and oxygen atoms in total. The third kappa shape index (κ3) is 8.68. The second kappa shape index (κ2) is 17.1. The number of ether oxygens (including phenoxy) is 1. The van der Waals surface area contributed by atoms with Crippen molar-refractivity contribution < 1.29 is 38.2 Å². The zero-order chi connectivity index (χ0) is 41.8. The fourth-order valence-electron chi connectivity index (χ4n) is 7.26. The first kappa shape index (κ1) is 39.9. The molecule has 0 spiro atoms. The molecule has 0 N–H and O–H groups in total. The summed E-state index contributed by atoms with van der Waals surface area (Å²) in [6.07, 6.45) is -1.36. The normalized spacial score (nSPS) is 12.4. The van der Waals surface area contributed by atoms with Crippen molar-refractivity contribution >= 4 is 28.0 Å². The summed E-state index contributed by atoms with van der Waals surface area (Å²) in [7, 11) is 2.03. The molecule has 17 heteroatoms. The van der Waals surface area contributed by atoms with Crippen LogP contribution in [0.2, 0.25) is 0 Å². The van der Waals surface area contributed by atoms with Crippen LogP contribution in [0.3, 0.4) is 0 Å². The minimum Gasteiger partial charge on any atom is -0.454 e. The van der Waals surface area contributed by atoms with Gasteiger partial charge in [0.25, 0.3) is 10.2 Å². The van der Waals surface area contributed by atoms with Crippen molar-refractivity contribution in [2.45, 2.75) is 71.8 Å². The van der Waals surface area contributed by atoms with Gasteiger partial charge in [0.05, 0.1) is 27.6 Å². The molecule has 3 aromatic heterocycles. The lowest BCUT2D eigenvalue weighted by atomic mass is 9.98. The van der Waals surface area contributed by atoms with Crippen molar-refractivity contribution in [3.63, 3.8) is 0 Å². The highest BCUT2D eigenvalue weighted by atomic mass is 17.0. The number of hydrogen-bond donors (Lipinski definition) is 0. The number of benzene rings is 4. The molecule has 7 aromatic rings. The molecule has 0 radical (unpaired) electrons. The monoisotopic (exact) mass is 804 g/mol. The SMILES string of the molecule is CCCc1nc2c(C)cc(-c3nc4ccccc4n3C)cc2n1Cc1ccc(-c2ccccc2C(=O)OCc2oc(=O)oc2CCC(O[N+](=O)[O-])C(C)O[N+](=O)[O-])cc1. The zero-order valence-corrected chi connectivity index (χ0v) is 32.7. The van der Waals surface area contributed by atoms with Crippen LogP contribution in [-0.2, 0) is 47.5 Å². The molecule has 0 aliphatic rings. The number of hydrogen-bond acceptors (Lipinski definition) is 13. The molecule has 0 amide bonds. The van der Waals surface area contributed by atoms with Crippen molar-refractivity contribution in [3.05, 3.63) is 150 Å². The first-order valence-electron chi connectivity index (χ1n) is 18.9. The number of rotatable bonds is 17. The predicted molar refractivity (Wildman–Crippen MR) is 213 cm³/mol. The van der Waals surface area contributed by atoms with E-state index in [-0.39, 0.29) is 29.9 Å². The number of carbonyl (C=O) groups is 1. The van der Waals surface area contributed by atoms with Crippen LogP contribution >= 0.6 is 0 Å². The first-order valence-corrected chi connectivity index (χ1v) is 18.9. The molecule has 0 bridgehead atoms. The zero-order valence-electron chi connectivity index (χ0n) is 32.7. The molecular formula is C42H40N6O11. The van der Waals surface area contributed by atoms with Crippen LogP contribution < -0.4 is 5.82 Å². The quantitative estimate of drug-likeness (QED) is 0.0494.